The van der Waals surface area contributed by atoms with E-state index >= 15 is 0 Å². The quantitative estimate of drug-likeness (QED) is 0.894. The molecule has 0 radical (unpaired) electrons. The fourth-order valence-electron chi connectivity index (χ4n) is 2.51. The molecule has 1 aromatic carbocycles. The number of hydrogen-bond acceptors (Lipinski definition) is 4. The Kier molecular flexibility index (Phi) is 3.82. The van der Waals surface area contributed by atoms with Crippen molar-refractivity contribution >= 4 is 17.5 Å². The molecule has 0 bridgehead atoms. The molecule has 1 aliphatic rings. The SMILES string of the molecule is CC1CCN(c2n[nH]c(-c3c(F)cccc3Cl)n2)CC1N. The molecule has 2 unspecified atom stereocenters. The summed E-state index contributed by atoms with van der Waals surface area (Å²) in [5, 5.41) is 7.23. The van der Waals surface area contributed by atoms with E-state index in [1.165, 1.54) is 6.07 Å². The third-order valence-electron chi connectivity index (χ3n) is 3.97. The fraction of sp³-hybridized carbons (Fsp3) is 0.429. The van der Waals surface area contributed by atoms with Gasteiger partial charge >= 0.3 is 0 Å². The number of hydrogen-bond donors (Lipinski definition) is 2. The van der Waals surface area contributed by atoms with Gasteiger partial charge in [-0.25, -0.2) is 4.39 Å². The monoisotopic (exact) mass is 309 g/mol. The van der Waals surface area contributed by atoms with Gasteiger partial charge in [0, 0.05) is 19.1 Å². The largest absolute Gasteiger partial charge is 0.338 e. The zero-order chi connectivity index (χ0) is 15.0. The van der Waals surface area contributed by atoms with Crippen LogP contribution >= 0.6 is 11.6 Å². The summed E-state index contributed by atoms with van der Waals surface area (Å²) in [5.74, 6) is 0.932. The number of nitrogens with two attached hydrogens (primary N) is 1. The molecule has 5 nitrogen and oxygen atoms in total. The van der Waals surface area contributed by atoms with Gasteiger partial charge in [0.1, 0.15) is 5.82 Å². The Bertz CT molecular complexity index is 624. The number of H-pyrrole nitrogens is 1. The van der Waals surface area contributed by atoms with Crippen LogP contribution in [0.2, 0.25) is 5.02 Å². The van der Waals surface area contributed by atoms with Crippen molar-refractivity contribution in [3.8, 4) is 11.4 Å². The molecule has 1 saturated heterocycles. The van der Waals surface area contributed by atoms with Crippen LogP contribution in [0.15, 0.2) is 18.2 Å². The van der Waals surface area contributed by atoms with Crippen LogP contribution in [0.5, 0.6) is 0 Å². The van der Waals surface area contributed by atoms with Gasteiger partial charge < -0.3 is 10.6 Å². The lowest BCUT2D eigenvalue weighted by molar-refractivity contribution is 0.376. The zero-order valence-electron chi connectivity index (χ0n) is 11.7. The molecule has 2 atom stereocenters. The van der Waals surface area contributed by atoms with Crippen molar-refractivity contribution in [3.63, 3.8) is 0 Å². The second kappa shape index (κ2) is 5.61. The van der Waals surface area contributed by atoms with Crippen molar-refractivity contribution in [3.05, 3.63) is 29.0 Å². The Morgan fingerprint density at radius 2 is 2.29 bits per heavy atom. The molecule has 7 heteroatoms. The van der Waals surface area contributed by atoms with Crippen LogP contribution in [-0.4, -0.2) is 34.3 Å². The molecule has 0 amide bonds. The zero-order valence-corrected chi connectivity index (χ0v) is 12.4. The Balaban J connectivity index is 1.87. The number of piperidine rings is 1. The Hall–Kier alpha value is -1.66. The molecule has 0 saturated carbocycles. The van der Waals surface area contributed by atoms with E-state index < -0.39 is 5.82 Å². The minimum Gasteiger partial charge on any atom is -0.338 e. The van der Waals surface area contributed by atoms with Crippen molar-refractivity contribution in [2.45, 2.75) is 19.4 Å². The van der Waals surface area contributed by atoms with Crippen molar-refractivity contribution in [1.29, 1.82) is 0 Å². The molecule has 1 aromatic heterocycles. The van der Waals surface area contributed by atoms with E-state index in [4.69, 9.17) is 17.3 Å². The van der Waals surface area contributed by atoms with Gasteiger partial charge in [-0.3, -0.25) is 5.10 Å². The Morgan fingerprint density at radius 3 is 3.00 bits per heavy atom. The van der Waals surface area contributed by atoms with E-state index in [1.54, 1.807) is 12.1 Å². The minimum atomic E-state index is -0.422. The summed E-state index contributed by atoms with van der Waals surface area (Å²) < 4.78 is 13.9. The predicted molar refractivity (Wildman–Crippen MR) is 80.8 cm³/mol. The van der Waals surface area contributed by atoms with Gasteiger partial charge in [-0.2, -0.15) is 4.98 Å². The van der Waals surface area contributed by atoms with E-state index in [1.807, 2.05) is 4.90 Å². The van der Waals surface area contributed by atoms with Crippen molar-refractivity contribution < 1.29 is 4.39 Å². The lowest BCUT2D eigenvalue weighted by Gasteiger charge is -2.34. The normalized spacial score (nSPS) is 22.6. The molecule has 3 N–H and O–H groups in total. The summed E-state index contributed by atoms with van der Waals surface area (Å²) in [6, 6.07) is 4.63. The van der Waals surface area contributed by atoms with Crippen LogP contribution in [-0.2, 0) is 0 Å². The highest BCUT2D eigenvalue weighted by Crippen LogP contribution is 2.29. The number of aromatic amines is 1. The Labute approximate surface area is 127 Å². The first kappa shape index (κ1) is 14.3. The van der Waals surface area contributed by atoms with E-state index in [9.17, 15) is 4.39 Å². The summed E-state index contributed by atoms with van der Waals surface area (Å²) in [4.78, 5) is 6.38. The fourth-order valence-corrected chi connectivity index (χ4v) is 2.76. The Morgan fingerprint density at radius 1 is 1.48 bits per heavy atom. The minimum absolute atomic E-state index is 0.0951. The summed E-state index contributed by atoms with van der Waals surface area (Å²) >= 11 is 6.04. The van der Waals surface area contributed by atoms with E-state index in [0.29, 0.717) is 29.3 Å². The van der Waals surface area contributed by atoms with Crippen molar-refractivity contribution in [2.75, 3.05) is 18.0 Å². The lowest BCUT2D eigenvalue weighted by atomic mass is 9.95. The van der Waals surface area contributed by atoms with Crippen LogP contribution in [0.1, 0.15) is 13.3 Å². The van der Waals surface area contributed by atoms with Gasteiger partial charge in [0.25, 0.3) is 0 Å². The van der Waals surface area contributed by atoms with E-state index in [-0.39, 0.29) is 11.6 Å². The second-order valence-electron chi connectivity index (χ2n) is 5.46. The summed E-state index contributed by atoms with van der Waals surface area (Å²) in [6.45, 7) is 3.69. The molecule has 0 aliphatic carbocycles. The molecule has 2 heterocycles. The maximum atomic E-state index is 13.9. The van der Waals surface area contributed by atoms with Gasteiger partial charge in [0.15, 0.2) is 5.82 Å². The van der Waals surface area contributed by atoms with Crippen LogP contribution in [0.4, 0.5) is 10.3 Å². The molecular formula is C14H17ClFN5. The smallest absolute Gasteiger partial charge is 0.245 e. The number of aromatic nitrogens is 3. The van der Waals surface area contributed by atoms with E-state index in [0.717, 1.165) is 13.0 Å². The molecule has 112 valence electrons. The number of nitrogens with one attached hydrogen (secondary N) is 1. The average molecular weight is 310 g/mol. The number of nitrogens with zero attached hydrogens (tertiary/aromatic N) is 3. The first-order valence-corrected chi connectivity index (χ1v) is 7.31. The second-order valence-corrected chi connectivity index (χ2v) is 5.86. The molecule has 3 rings (SSSR count). The highest BCUT2D eigenvalue weighted by molar-refractivity contribution is 6.33. The number of rotatable bonds is 2. The number of benzene rings is 1. The average Bonchev–Trinajstić information content (AvgIpc) is 2.91. The molecule has 1 fully saturated rings. The van der Waals surface area contributed by atoms with Crippen LogP contribution in [0.25, 0.3) is 11.4 Å². The van der Waals surface area contributed by atoms with E-state index in [2.05, 4.69) is 22.1 Å². The van der Waals surface area contributed by atoms with Gasteiger partial charge in [0.05, 0.1) is 10.6 Å². The standard InChI is InChI=1S/C14H17ClFN5/c1-8-5-6-21(7-11(8)17)14-18-13(19-20-14)12-9(15)3-2-4-10(12)16/h2-4,8,11H,5-7,17H2,1H3,(H,18,19,20). The molecular weight excluding hydrogens is 293 g/mol. The summed E-state index contributed by atoms with van der Waals surface area (Å²) in [5.41, 5.74) is 6.33. The van der Waals surface area contributed by atoms with Crippen LogP contribution in [0, 0.1) is 11.7 Å². The summed E-state index contributed by atoms with van der Waals surface area (Å²) in [7, 11) is 0. The topological polar surface area (TPSA) is 70.8 Å². The third-order valence-corrected chi connectivity index (χ3v) is 4.29. The predicted octanol–water partition coefficient (Wildman–Crippen LogP) is 2.44. The van der Waals surface area contributed by atoms with Gasteiger partial charge in [-0.1, -0.05) is 24.6 Å². The maximum absolute atomic E-state index is 13.9. The first-order valence-electron chi connectivity index (χ1n) is 6.93. The van der Waals surface area contributed by atoms with Crippen molar-refractivity contribution in [1.82, 2.24) is 15.2 Å². The third kappa shape index (κ3) is 2.73. The highest BCUT2D eigenvalue weighted by atomic mass is 35.5. The highest BCUT2D eigenvalue weighted by Gasteiger charge is 2.26. The van der Waals surface area contributed by atoms with Crippen LogP contribution in [0.3, 0.4) is 0 Å². The lowest BCUT2D eigenvalue weighted by Crippen LogP contribution is -2.48. The molecule has 21 heavy (non-hydrogen) atoms. The van der Waals surface area contributed by atoms with Gasteiger partial charge in [0.2, 0.25) is 5.95 Å². The summed E-state index contributed by atoms with van der Waals surface area (Å²) in [6.07, 6.45) is 0.992. The first-order chi connectivity index (χ1) is 10.1. The maximum Gasteiger partial charge on any atom is 0.245 e. The van der Waals surface area contributed by atoms with Gasteiger partial charge in [-0.15, -0.1) is 5.10 Å². The van der Waals surface area contributed by atoms with Gasteiger partial charge in [-0.05, 0) is 24.5 Å². The number of anilines is 1. The molecule has 2 aromatic rings. The number of halogens is 2. The van der Waals surface area contributed by atoms with Crippen LogP contribution < -0.4 is 10.6 Å². The molecule has 1 aliphatic heterocycles. The van der Waals surface area contributed by atoms with Crippen molar-refractivity contribution in [2.24, 2.45) is 11.7 Å². The molecule has 0 spiro atoms.